The number of anilines is 1. The standard InChI is InChI=1S/C16H23F3N2/c1-15(2,3)20-10-11-5-8-14(21(4)12-6-7-12)13(9-11)16(17,18)19/h5,8-9,12,20H,6-7,10H2,1-4H3. The van der Waals surface area contributed by atoms with Crippen LogP contribution in [0.2, 0.25) is 0 Å². The van der Waals surface area contributed by atoms with E-state index in [4.69, 9.17) is 0 Å². The molecule has 1 N–H and O–H groups in total. The molecule has 0 radical (unpaired) electrons. The van der Waals surface area contributed by atoms with Gasteiger partial charge in [-0.1, -0.05) is 6.07 Å². The lowest BCUT2D eigenvalue weighted by molar-refractivity contribution is -0.137. The van der Waals surface area contributed by atoms with E-state index in [9.17, 15) is 13.2 Å². The summed E-state index contributed by atoms with van der Waals surface area (Å²) in [5.74, 6) is 0. The molecule has 0 bridgehead atoms. The quantitative estimate of drug-likeness (QED) is 0.897. The zero-order valence-electron chi connectivity index (χ0n) is 13.0. The molecule has 1 fully saturated rings. The van der Waals surface area contributed by atoms with Crippen molar-refractivity contribution < 1.29 is 13.2 Å². The molecule has 2 nitrogen and oxygen atoms in total. The topological polar surface area (TPSA) is 15.3 Å². The first-order chi connectivity index (χ1) is 9.58. The lowest BCUT2D eigenvalue weighted by atomic mass is 10.0. The van der Waals surface area contributed by atoms with E-state index in [1.807, 2.05) is 20.8 Å². The second-order valence-corrected chi connectivity index (χ2v) is 6.79. The Hall–Kier alpha value is -1.23. The van der Waals surface area contributed by atoms with E-state index in [2.05, 4.69) is 5.32 Å². The average Bonchev–Trinajstić information content (AvgIpc) is 3.17. The summed E-state index contributed by atoms with van der Waals surface area (Å²) >= 11 is 0. The molecule has 1 aromatic rings. The summed E-state index contributed by atoms with van der Waals surface area (Å²) in [5.41, 5.74) is 0.279. The van der Waals surface area contributed by atoms with Crippen LogP contribution in [-0.4, -0.2) is 18.6 Å². The second kappa shape index (κ2) is 5.52. The van der Waals surface area contributed by atoms with Crippen LogP contribution in [0.3, 0.4) is 0 Å². The first-order valence-corrected chi connectivity index (χ1v) is 7.26. The van der Waals surface area contributed by atoms with E-state index in [1.54, 1.807) is 24.1 Å². The Balaban J connectivity index is 2.27. The highest BCUT2D eigenvalue weighted by molar-refractivity contribution is 5.57. The predicted octanol–water partition coefficient (Wildman–Crippen LogP) is 4.19. The molecule has 118 valence electrons. The maximum atomic E-state index is 13.3. The van der Waals surface area contributed by atoms with Gasteiger partial charge in [-0.15, -0.1) is 0 Å². The van der Waals surface area contributed by atoms with Crippen molar-refractivity contribution in [3.8, 4) is 0 Å². The summed E-state index contributed by atoms with van der Waals surface area (Å²) in [6.07, 6.45) is -2.38. The van der Waals surface area contributed by atoms with E-state index < -0.39 is 11.7 Å². The molecule has 0 aromatic heterocycles. The molecular weight excluding hydrogens is 277 g/mol. The van der Waals surface area contributed by atoms with Gasteiger partial charge in [0, 0.05) is 30.9 Å². The Labute approximate surface area is 124 Å². The largest absolute Gasteiger partial charge is 0.418 e. The van der Waals surface area contributed by atoms with Gasteiger partial charge < -0.3 is 10.2 Å². The summed E-state index contributed by atoms with van der Waals surface area (Å²) < 4.78 is 39.9. The number of hydrogen-bond acceptors (Lipinski definition) is 2. The lowest BCUT2D eigenvalue weighted by Gasteiger charge is -2.25. The first-order valence-electron chi connectivity index (χ1n) is 7.26. The van der Waals surface area contributed by atoms with Crippen LogP contribution in [0.4, 0.5) is 18.9 Å². The fourth-order valence-electron chi connectivity index (χ4n) is 2.25. The van der Waals surface area contributed by atoms with E-state index in [0.29, 0.717) is 12.1 Å². The van der Waals surface area contributed by atoms with Gasteiger partial charge in [0.15, 0.2) is 0 Å². The van der Waals surface area contributed by atoms with Gasteiger partial charge >= 0.3 is 6.18 Å². The van der Waals surface area contributed by atoms with Crippen LogP contribution in [0.1, 0.15) is 44.7 Å². The predicted molar refractivity (Wildman–Crippen MR) is 79.5 cm³/mol. The molecule has 0 heterocycles. The zero-order valence-corrected chi connectivity index (χ0v) is 13.0. The molecule has 0 atom stereocenters. The van der Waals surface area contributed by atoms with Crippen LogP contribution in [0, 0.1) is 0 Å². The molecule has 1 aliphatic rings. The number of halogens is 3. The lowest BCUT2D eigenvalue weighted by Crippen LogP contribution is -2.35. The minimum absolute atomic E-state index is 0.123. The minimum Gasteiger partial charge on any atom is -0.371 e. The molecule has 0 unspecified atom stereocenters. The highest BCUT2D eigenvalue weighted by atomic mass is 19.4. The number of nitrogens with one attached hydrogen (secondary N) is 1. The third-order valence-electron chi connectivity index (χ3n) is 3.66. The SMILES string of the molecule is CN(c1ccc(CNC(C)(C)C)cc1C(F)(F)F)C1CC1. The number of benzene rings is 1. The van der Waals surface area contributed by atoms with Crippen molar-refractivity contribution in [2.24, 2.45) is 0 Å². The van der Waals surface area contributed by atoms with Crippen molar-refractivity contribution in [1.29, 1.82) is 0 Å². The highest BCUT2D eigenvalue weighted by Gasteiger charge is 2.37. The number of alkyl halides is 3. The van der Waals surface area contributed by atoms with Crippen LogP contribution in [0.5, 0.6) is 0 Å². The van der Waals surface area contributed by atoms with Gasteiger partial charge in [-0.25, -0.2) is 0 Å². The van der Waals surface area contributed by atoms with Crippen molar-refractivity contribution >= 4 is 5.69 Å². The first kappa shape index (κ1) is 16.1. The smallest absolute Gasteiger partial charge is 0.371 e. The number of rotatable bonds is 4. The molecule has 21 heavy (non-hydrogen) atoms. The van der Waals surface area contributed by atoms with Crippen LogP contribution in [0.25, 0.3) is 0 Å². The fourth-order valence-corrected chi connectivity index (χ4v) is 2.25. The zero-order chi connectivity index (χ0) is 15.8. The second-order valence-electron chi connectivity index (χ2n) is 6.79. The molecule has 1 aromatic carbocycles. The highest BCUT2D eigenvalue weighted by Crippen LogP contribution is 2.40. The average molecular weight is 300 g/mol. The van der Waals surface area contributed by atoms with E-state index in [0.717, 1.165) is 12.8 Å². The number of hydrogen-bond donors (Lipinski definition) is 1. The Kier molecular flexibility index (Phi) is 4.24. The third kappa shape index (κ3) is 4.37. The molecule has 5 heteroatoms. The molecule has 0 amide bonds. The van der Waals surface area contributed by atoms with Crippen LogP contribution in [0.15, 0.2) is 18.2 Å². The van der Waals surface area contributed by atoms with Gasteiger partial charge in [0.1, 0.15) is 0 Å². The van der Waals surface area contributed by atoms with Crippen molar-refractivity contribution in [1.82, 2.24) is 5.32 Å². The Morgan fingerprint density at radius 2 is 1.81 bits per heavy atom. The van der Waals surface area contributed by atoms with Gasteiger partial charge in [0.2, 0.25) is 0 Å². The molecule has 1 saturated carbocycles. The van der Waals surface area contributed by atoms with E-state index in [1.165, 1.54) is 6.07 Å². The summed E-state index contributed by atoms with van der Waals surface area (Å²) in [6, 6.07) is 4.90. The van der Waals surface area contributed by atoms with Crippen molar-refractivity contribution in [2.45, 2.75) is 57.9 Å². The van der Waals surface area contributed by atoms with Gasteiger partial charge in [-0.2, -0.15) is 13.2 Å². The van der Waals surface area contributed by atoms with Crippen LogP contribution >= 0.6 is 0 Å². The number of nitrogens with zero attached hydrogens (tertiary/aromatic N) is 1. The third-order valence-corrected chi connectivity index (χ3v) is 3.66. The normalized spacial score (nSPS) is 16.1. The minimum atomic E-state index is -4.32. The molecular formula is C16H23F3N2. The van der Waals surface area contributed by atoms with Gasteiger partial charge in [-0.05, 0) is 51.3 Å². The van der Waals surface area contributed by atoms with Gasteiger partial charge in [-0.3, -0.25) is 0 Å². The van der Waals surface area contributed by atoms with Crippen LogP contribution in [-0.2, 0) is 12.7 Å². The summed E-state index contributed by atoms with van der Waals surface area (Å²) in [7, 11) is 1.75. The maximum absolute atomic E-state index is 13.3. The summed E-state index contributed by atoms with van der Waals surface area (Å²) in [4.78, 5) is 1.75. The van der Waals surface area contributed by atoms with Crippen molar-refractivity contribution in [2.75, 3.05) is 11.9 Å². The van der Waals surface area contributed by atoms with Gasteiger partial charge in [0.25, 0.3) is 0 Å². The molecule has 2 rings (SSSR count). The Morgan fingerprint density at radius 3 is 2.29 bits per heavy atom. The van der Waals surface area contributed by atoms with E-state index in [-0.39, 0.29) is 17.3 Å². The molecule has 1 aliphatic carbocycles. The molecule has 0 aliphatic heterocycles. The Morgan fingerprint density at radius 1 is 1.19 bits per heavy atom. The summed E-state index contributed by atoms with van der Waals surface area (Å²) in [5, 5.41) is 3.22. The van der Waals surface area contributed by atoms with Crippen molar-refractivity contribution in [3.63, 3.8) is 0 Å². The maximum Gasteiger partial charge on any atom is 0.418 e. The van der Waals surface area contributed by atoms with Crippen LogP contribution < -0.4 is 10.2 Å². The molecule has 0 spiro atoms. The Bertz CT molecular complexity index is 499. The van der Waals surface area contributed by atoms with Crippen molar-refractivity contribution in [3.05, 3.63) is 29.3 Å². The summed E-state index contributed by atoms with van der Waals surface area (Å²) in [6.45, 7) is 6.41. The van der Waals surface area contributed by atoms with E-state index >= 15 is 0 Å². The fraction of sp³-hybridized carbons (Fsp3) is 0.625. The molecule has 0 saturated heterocycles. The monoisotopic (exact) mass is 300 g/mol. The van der Waals surface area contributed by atoms with Gasteiger partial charge in [0.05, 0.1) is 5.56 Å².